The van der Waals surface area contributed by atoms with Gasteiger partial charge in [-0.15, -0.1) is 16.4 Å². The zero-order valence-corrected chi connectivity index (χ0v) is 18.5. The summed E-state index contributed by atoms with van der Waals surface area (Å²) in [5.41, 5.74) is 1.90. The maximum absolute atomic E-state index is 9.82. The third kappa shape index (κ3) is 4.15. The number of hydrogen-bond donors (Lipinski definition) is 3. The minimum Gasteiger partial charge on any atom is -0.388 e. The van der Waals surface area contributed by atoms with Gasteiger partial charge in [-0.3, -0.25) is 0 Å². The molecule has 4 rings (SSSR count). The van der Waals surface area contributed by atoms with E-state index in [0.717, 1.165) is 33.0 Å². The van der Waals surface area contributed by atoms with E-state index in [1.807, 2.05) is 11.4 Å². The Hall–Kier alpha value is -1.65. The molecule has 0 unspecified atom stereocenters. The summed E-state index contributed by atoms with van der Waals surface area (Å²) in [5.74, 6) is 1.50. The van der Waals surface area contributed by atoms with Gasteiger partial charge < -0.3 is 19.8 Å². The van der Waals surface area contributed by atoms with Gasteiger partial charge in [-0.05, 0) is 40.2 Å². The van der Waals surface area contributed by atoms with Crippen molar-refractivity contribution in [2.45, 2.75) is 72.0 Å². The van der Waals surface area contributed by atoms with Crippen molar-refractivity contribution in [2.24, 2.45) is 0 Å². The van der Waals surface area contributed by atoms with Crippen LogP contribution in [0.1, 0.15) is 49.8 Å². The van der Waals surface area contributed by atoms with Crippen molar-refractivity contribution >= 4 is 27.2 Å². The molecule has 1 aliphatic heterocycles. The average Bonchev–Trinajstić information content (AvgIpc) is 3.13. The number of hydrogen-bond acceptors (Lipinski definition) is 7. The summed E-state index contributed by atoms with van der Waals surface area (Å²) in [6.45, 7) is 11.9. The summed E-state index contributed by atoms with van der Waals surface area (Å²) >= 11 is 1.68. The number of aliphatic hydroxyl groups excluding tert-OH is 2. The highest BCUT2D eigenvalue weighted by Gasteiger charge is 2.31. The fraction of sp³-hybridized carbons (Fsp3) is 0.650. The van der Waals surface area contributed by atoms with Crippen LogP contribution in [-0.2, 0) is 24.3 Å². The summed E-state index contributed by atoms with van der Waals surface area (Å²) in [5, 5.41) is 25.4. The second-order valence-corrected chi connectivity index (χ2v) is 9.95. The Morgan fingerprint density at radius 2 is 1.90 bits per heavy atom. The molecule has 29 heavy (non-hydrogen) atoms. The molecule has 0 spiro atoms. The van der Waals surface area contributed by atoms with Gasteiger partial charge in [0.15, 0.2) is 5.65 Å². The maximum atomic E-state index is 9.82. The van der Waals surface area contributed by atoms with Crippen LogP contribution in [0, 0.1) is 6.92 Å². The molecule has 9 heteroatoms. The molecule has 158 valence electrons. The molecular formula is C20H30N5O3S+. The quantitative estimate of drug-likeness (QED) is 0.542. The molecule has 1 aliphatic rings. The Bertz CT molecular complexity index is 1030. The number of aromatic nitrogens is 4. The average molecular weight is 421 g/mol. The predicted molar refractivity (Wildman–Crippen MR) is 111 cm³/mol. The van der Waals surface area contributed by atoms with Gasteiger partial charge in [-0.25, -0.2) is 9.97 Å². The van der Waals surface area contributed by atoms with Crippen molar-refractivity contribution in [1.29, 1.82) is 0 Å². The molecule has 4 heterocycles. The first kappa shape index (κ1) is 20.6. The van der Waals surface area contributed by atoms with Crippen LogP contribution < -0.4 is 4.90 Å². The van der Waals surface area contributed by atoms with Gasteiger partial charge in [0.25, 0.3) is 0 Å². The maximum Gasteiger partial charge on any atom is 0.206 e. The molecule has 3 aromatic heterocycles. The van der Waals surface area contributed by atoms with E-state index in [-0.39, 0.29) is 5.60 Å². The lowest BCUT2D eigenvalue weighted by atomic mass is 9.94. The van der Waals surface area contributed by atoms with Crippen LogP contribution in [0.4, 0.5) is 0 Å². The standard InChI is InChI=1S/C20H29N5O3S/c1-11(26)7-24(8-12(2)27)9-16-22-18-17-14-6-20(4,5)28-10-15(14)29-19(17)21-13(3)25(18)23-16/h11-12,26-27H,6-10H2,1-5H3/p+1/t11-,12-/m0/s1. The summed E-state index contributed by atoms with van der Waals surface area (Å²) in [6, 6.07) is 0. The number of nitrogens with one attached hydrogen (secondary N) is 1. The summed E-state index contributed by atoms with van der Waals surface area (Å²) in [4.78, 5) is 12.9. The number of ether oxygens (including phenoxy) is 1. The van der Waals surface area contributed by atoms with Crippen LogP contribution in [-0.4, -0.2) is 60.7 Å². The number of aliphatic hydroxyl groups is 2. The Kier molecular flexibility index (Phi) is 5.37. The molecule has 0 amide bonds. The number of quaternary nitrogens is 1. The molecule has 0 aromatic carbocycles. The minimum atomic E-state index is -0.456. The number of thiophene rings is 1. The molecule has 0 bridgehead atoms. The monoisotopic (exact) mass is 420 g/mol. The summed E-state index contributed by atoms with van der Waals surface area (Å²) in [6.07, 6.45) is -0.0872. The Morgan fingerprint density at radius 3 is 2.55 bits per heavy atom. The Labute approximate surface area is 174 Å². The zero-order valence-electron chi connectivity index (χ0n) is 17.7. The van der Waals surface area contributed by atoms with E-state index < -0.39 is 12.2 Å². The molecule has 2 atom stereocenters. The van der Waals surface area contributed by atoms with Gasteiger partial charge in [0.05, 0.1) is 17.6 Å². The van der Waals surface area contributed by atoms with Crippen molar-refractivity contribution in [3.05, 3.63) is 22.1 Å². The van der Waals surface area contributed by atoms with E-state index in [9.17, 15) is 10.2 Å². The minimum absolute atomic E-state index is 0.207. The Balaban J connectivity index is 1.77. The van der Waals surface area contributed by atoms with E-state index in [1.54, 1.807) is 25.2 Å². The third-order valence-corrected chi connectivity index (χ3v) is 6.39. The lowest BCUT2D eigenvalue weighted by molar-refractivity contribution is -0.920. The van der Waals surface area contributed by atoms with Gasteiger partial charge in [-0.2, -0.15) is 4.52 Å². The lowest BCUT2D eigenvalue weighted by Crippen LogP contribution is -3.12. The molecule has 0 saturated carbocycles. The van der Waals surface area contributed by atoms with Crippen LogP contribution in [0.2, 0.25) is 0 Å². The fourth-order valence-electron chi connectivity index (χ4n) is 4.15. The molecule has 3 N–H and O–H groups in total. The van der Waals surface area contributed by atoms with Gasteiger partial charge in [0.2, 0.25) is 5.82 Å². The highest BCUT2D eigenvalue weighted by atomic mass is 32.1. The van der Waals surface area contributed by atoms with Crippen molar-refractivity contribution in [2.75, 3.05) is 13.1 Å². The zero-order chi connectivity index (χ0) is 20.9. The molecule has 0 radical (unpaired) electrons. The molecule has 0 aliphatic carbocycles. The third-order valence-electron chi connectivity index (χ3n) is 5.29. The van der Waals surface area contributed by atoms with Crippen LogP contribution in [0.15, 0.2) is 0 Å². The summed E-state index contributed by atoms with van der Waals surface area (Å²) in [7, 11) is 0. The van der Waals surface area contributed by atoms with Gasteiger partial charge in [0.1, 0.15) is 42.5 Å². The highest BCUT2D eigenvalue weighted by Crippen LogP contribution is 2.39. The van der Waals surface area contributed by atoms with Crippen LogP contribution in [0.25, 0.3) is 15.9 Å². The largest absolute Gasteiger partial charge is 0.388 e. The summed E-state index contributed by atoms with van der Waals surface area (Å²) < 4.78 is 7.81. The highest BCUT2D eigenvalue weighted by molar-refractivity contribution is 7.19. The normalized spacial score (nSPS) is 18.5. The van der Waals surface area contributed by atoms with E-state index >= 15 is 0 Å². The first-order valence-corrected chi connectivity index (χ1v) is 10.9. The molecule has 8 nitrogen and oxygen atoms in total. The van der Waals surface area contributed by atoms with E-state index in [1.165, 1.54) is 10.4 Å². The molecule has 3 aromatic rings. The number of aryl methyl sites for hydroxylation is 1. The van der Waals surface area contributed by atoms with Crippen LogP contribution in [0.3, 0.4) is 0 Å². The topological polar surface area (TPSA) is 97.2 Å². The Morgan fingerprint density at radius 1 is 1.21 bits per heavy atom. The smallest absolute Gasteiger partial charge is 0.206 e. The van der Waals surface area contributed by atoms with E-state index in [0.29, 0.717) is 32.1 Å². The van der Waals surface area contributed by atoms with Crippen molar-refractivity contribution in [3.63, 3.8) is 0 Å². The van der Waals surface area contributed by atoms with Crippen molar-refractivity contribution in [1.82, 2.24) is 19.6 Å². The number of rotatable bonds is 6. The van der Waals surface area contributed by atoms with Crippen LogP contribution >= 0.6 is 11.3 Å². The van der Waals surface area contributed by atoms with Gasteiger partial charge in [0, 0.05) is 11.3 Å². The van der Waals surface area contributed by atoms with Gasteiger partial charge >= 0.3 is 0 Å². The molecular weight excluding hydrogens is 390 g/mol. The SMILES string of the molecule is Cc1nc2sc3c(c2c2nc(C[NH+](C[C@H](C)O)C[C@H](C)O)nn12)CC(C)(C)OC3. The number of fused-ring (bicyclic) bond motifs is 5. The second-order valence-electron chi connectivity index (χ2n) is 8.86. The van der Waals surface area contributed by atoms with E-state index in [2.05, 4.69) is 13.8 Å². The van der Waals surface area contributed by atoms with Crippen molar-refractivity contribution in [3.8, 4) is 0 Å². The van der Waals surface area contributed by atoms with Crippen LogP contribution in [0.5, 0.6) is 0 Å². The number of nitrogens with zero attached hydrogens (tertiary/aromatic N) is 4. The molecule has 0 fully saturated rings. The van der Waals surface area contributed by atoms with Crippen molar-refractivity contribution < 1.29 is 19.8 Å². The first-order valence-electron chi connectivity index (χ1n) is 10.1. The second kappa shape index (κ2) is 7.55. The van der Waals surface area contributed by atoms with E-state index in [4.69, 9.17) is 19.8 Å². The fourth-order valence-corrected chi connectivity index (χ4v) is 5.29. The first-order chi connectivity index (χ1) is 13.6. The lowest BCUT2D eigenvalue weighted by Gasteiger charge is -2.30. The predicted octanol–water partition coefficient (Wildman–Crippen LogP) is 0.645. The molecule has 0 saturated heterocycles. The van der Waals surface area contributed by atoms with Gasteiger partial charge in [-0.1, -0.05) is 0 Å².